The van der Waals surface area contributed by atoms with Crippen LogP contribution in [0.5, 0.6) is 0 Å². The second kappa shape index (κ2) is 7.19. The Hall–Kier alpha value is -3.22. The maximum Gasteiger partial charge on any atom is 0.416 e. The molecule has 0 bridgehead atoms. The number of anilines is 1. The summed E-state index contributed by atoms with van der Waals surface area (Å²) in [4.78, 5) is 15.4. The van der Waals surface area contributed by atoms with Crippen LogP contribution in [0.4, 0.5) is 18.9 Å². The fraction of sp³-hybridized carbons (Fsp3) is 0.150. The minimum Gasteiger partial charge on any atom is -0.462 e. The highest BCUT2D eigenvalue weighted by Crippen LogP contribution is 2.33. The number of H-pyrrole nitrogens is 1. The van der Waals surface area contributed by atoms with Gasteiger partial charge in [0.05, 0.1) is 23.4 Å². The summed E-state index contributed by atoms with van der Waals surface area (Å²) in [6.45, 7) is 1.91. The molecule has 0 spiro atoms. The first kappa shape index (κ1) is 18.6. The minimum absolute atomic E-state index is 0.209. The average Bonchev–Trinajstić information content (AvgIpc) is 3.07. The molecule has 0 radical (unpaired) electrons. The number of carbonyl (C=O) groups excluding carboxylic acids is 1. The predicted molar refractivity (Wildman–Crippen MR) is 97.0 cm³/mol. The zero-order valence-electron chi connectivity index (χ0n) is 14.4. The van der Waals surface area contributed by atoms with Crippen molar-refractivity contribution in [1.82, 2.24) is 4.98 Å². The van der Waals surface area contributed by atoms with E-state index in [4.69, 9.17) is 10.5 Å². The number of rotatable bonds is 4. The van der Waals surface area contributed by atoms with Gasteiger partial charge < -0.3 is 15.5 Å². The summed E-state index contributed by atoms with van der Waals surface area (Å²) in [5.41, 5.74) is 8.11. The quantitative estimate of drug-likeness (QED) is 0.492. The standard InChI is InChI=1S/C20H17F3N2O2/c1-2-27-19(26)16-11-17(12-3-7-14(8-4-12)20(21,22)23)25-18(16)13-5-9-15(24)10-6-13/h3-11,25H,2,24H2,1H3. The summed E-state index contributed by atoms with van der Waals surface area (Å²) in [5, 5.41) is 0. The molecule has 0 aliphatic heterocycles. The third kappa shape index (κ3) is 3.97. The molecule has 1 heterocycles. The number of nitrogens with two attached hydrogens (primary N) is 1. The fourth-order valence-corrected chi connectivity index (χ4v) is 2.70. The molecule has 0 saturated carbocycles. The Labute approximate surface area is 153 Å². The van der Waals surface area contributed by atoms with Gasteiger partial charge in [-0.3, -0.25) is 0 Å². The van der Waals surface area contributed by atoms with E-state index in [2.05, 4.69) is 4.98 Å². The van der Waals surface area contributed by atoms with Crippen LogP contribution in [0.2, 0.25) is 0 Å². The maximum absolute atomic E-state index is 12.8. The molecule has 140 valence electrons. The van der Waals surface area contributed by atoms with Gasteiger partial charge in [0.1, 0.15) is 0 Å². The van der Waals surface area contributed by atoms with Crippen LogP contribution in [0.1, 0.15) is 22.8 Å². The van der Waals surface area contributed by atoms with Gasteiger partial charge in [0, 0.05) is 11.4 Å². The first-order valence-corrected chi connectivity index (χ1v) is 8.23. The zero-order valence-corrected chi connectivity index (χ0v) is 14.4. The number of benzene rings is 2. The van der Waals surface area contributed by atoms with E-state index in [0.717, 1.165) is 12.1 Å². The minimum atomic E-state index is -4.40. The van der Waals surface area contributed by atoms with Gasteiger partial charge in [0.2, 0.25) is 0 Å². The second-order valence-electron chi connectivity index (χ2n) is 5.89. The molecule has 0 atom stereocenters. The van der Waals surface area contributed by atoms with Gasteiger partial charge in [-0.2, -0.15) is 13.2 Å². The van der Waals surface area contributed by atoms with E-state index in [-0.39, 0.29) is 6.61 Å². The van der Waals surface area contributed by atoms with Gasteiger partial charge in [0.25, 0.3) is 0 Å². The van der Waals surface area contributed by atoms with Crippen LogP contribution in [0.25, 0.3) is 22.5 Å². The van der Waals surface area contributed by atoms with Gasteiger partial charge in [-0.1, -0.05) is 24.3 Å². The highest BCUT2D eigenvalue weighted by atomic mass is 19.4. The summed E-state index contributed by atoms with van der Waals surface area (Å²) >= 11 is 0. The lowest BCUT2D eigenvalue weighted by molar-refractivity contribution is -0.137. The Morgan fingerprint density at radius 2 is 1.63 bits per heavy atom. The van der Waals surface area contributed by atoms with Gasteiger partial charge in [0.15, 0.2) is 0 Å². The number of ether oxygens (including phenoxy) is 1. The van der Waals surface area contributed by atoms with E-state index < -0.39 is 17.7 Å². The SMILES string of the molecule is CCOC(=O)c1cc(-c2ccc(C(F)(F)F)cc2)[nH]c1-c1ccc(N)cc1. The lowest BCUT2D eigenvalue weighted by Crippen LogP contribution is -2.04. The molecular weight excluding hydrogens is 357 g/mol. The van der Waals surface area contributed by atoms with E-state index >= 15 is 0 Å². The largest absolute Gasteiger partial charge is 0.462 e. The lowest BCUT2D eigenvalue weighted by atomic mass is 10.1. The van der Waals surface area contributed by atoms with Crippen LogP contribution in [0, 0.1) is 0 Å². The van der Waals surface area contributed by atoms with Crippen molar-refractivity contribution in [3.8, 4) is 22.5 Å². The molecule has 0 unspecified atom stereocenters. The number of halogens is 3. The lowest BCUT2D eigenvalue weighted by Gasteiger charge is -2.07. The van der Waals surface area contributed by atoms with Crippen molar-refractivity contribution in [3.63, 3.8) is 0 Å². The molecule has 3 rings (SSSR count). The van der Waals surface area contributed by atoms with Crippen LogP contribution in [-0.2, 0) is 10.9 Å². The monoisotopic (exact) mass is 374 g/mol. The number of carbonyl (C=O) groups is 1. The van der Waals surface area contributed by atoms with E-state index in [0.29, 0.717) is 33.8 Å². The Kier molecular flexibility index (Phi) is 4.94. The number of hydrogen-bond acceptors (Lipinski definition) is 3. The van der Waals surface area contributed by atoms with E-state index in [9.17, 15) is 18.0 Å². The van der Waals surface area contributed by atoms with Gasteiger partial charge in [-0.05, 0) is 48.4 Å². The van der Waals surface area contributed by atoms with E-state index in [1.54, 1.807) is 37.3 Å². The number of nitrogens with one attached hydrogen (secondary N) is 1. The molecule has 2 aromatic carbocycles. The molecule has 0 amide bonds. The number of hydrogen-bond donors (Lipinski definition) is 2. The first-order valence-electron chi connectivity index (χ1n) is 8.23. The molecule has 1 aromatic heterocycles. The van der Waals surface area contributed by atoms with Gasteiger partial charge in [-0.25, -0.2) is 4.79 Å². The van der Waals surface area contributed by atoms with Crippen molar-refractivity contribution in [2.75, 3.05) is 12.3 Å². The van der Waals surface area contributed by atoms with E-state index in [1.165, 1.54) is 12.1 Å². The Balaban J connectivity index is 2.05. The van der Waals surface area contributed by atoms with Gasteiger partial charge in [-0.15, -0.1) is 0 Å². The Bertz CT molecular complexity index is 943. The van der Waals surface area contributed by atoms with E-state index in [1.807, 2.05) is 0 Å². The first-order chi connectivity index (χ1) is 12.8. The van der Waals surface area contributed by atoms with Crippen molar-refractivity contribution < 1.29 is 22.7 Å². The van der Waals surface area contributed by atoms with Gasteiger partial charge >= 0.3 is 12.1 Å². The normalized spacial score (nSPS) is 11.4. The summed E-state index contributed by atoms with van der Waals surface area (Å²) in [7, 11) is 0. The molecule has 7 heteroatoms. The van der Waals surface area contributed by atoms with Crippen LogP contribution in [0.3, 0.4) is 0 Å². The highest BCUT2D eigenvalue weighted by molar-refractivity contribution is 5.98. The molecular formula is C20H17F3N2O2. The Morgan fingerprint density at radius 3 is 2.19 bits per heavy atom. The topological polar surface area (TPSA) is 68.1 Å². The third-order valence-corrected chi connectivity index (χ3v) is 4.04. The summed E-state index contributed by atoms with van der Waals surface area (Å²) in [6, 6.07) is 13.2. The predicted octanol–water partition coefficient (Wildman–Crippen LogP) is 5.13. The molecule has 0 saturated heterocycles. The molecule has 0 fully saturated rings. The number of alkyl halides is 3. The van der Waals surface area contributed by atoms with Crippen LogP contribution < -0.4 is 5.73 Å². The number of nitrogen functional groups attached to an aromatic ring is 1. The number of aromatic nitrogens is 1. The van der Waals surface area contributed by atoms with Crippen molar-refractivity contribution in [3.05, 3.63) is 65.7 Å². The highest BCUT2D eigenvalue weighted by Gasteiger charge is 2.30. The molecule has 27 heavy (non-hydrogen) atoms. The van der Waals surface area contributed by atoms with Crippen molar-refractivity contribution in [1.29, 1.82) is 0 Å². The summed E-state index contributed by atoms with van der Waals surface area (Å²) in [6.07, 6.45) is -4.40. The molecule has 4 nitrogen and oxygen atoms in total. The van der Waals surface area contributed by atoms with Crippen molar-refractivity contribution >= 4 is 11.7 Å². The second-order valence-corrected chi connectivity index (χ2v) is 5.89. The Morgan fingerprint density at radius 1 is 1.04 bits per heavy atom. The molecule has 3 aromatic rings. The number of esters is 1. The fourth-order valence-electron chi connectivity index (χ4n) is 2.70. The molecule has 0 aliphatic carbocycles. The van der Waals surface area contributed by atoms with Crippen LogP contribution >= 0.6 is 0 Å². The zero-order chi connectivity index (χ0) is 19.6. The molecule has 0 aliphatic rings. The van der Waals surface area contributed by atoms with Crippen LogP contribution in [-0.4, -0.2) is 17.6 Å². The van der Waals surface area contributed by atoms with Crippen molar-refractivity contribution in [2.24, 2.45) is 0 Å². The average molecular weight is 374 g/mol. The summed E-state index contributed by atoms with van der Waals surface area (Å²) < 4.78 is 43.4. The summed E-state index contributed by atoms with van der Waals surface area (Å²) in [5.74, 6) is -0.515. The smallest absolute Gasteiger partial charge is 0.416 e. The maximum atomic E-state index is 12.8. The van der Waals surface area contributed by atoms with Crippen LogP contribution in [0.15, 0.2) is 54.6 Å². The number of aromatic amines is 1. The van der Waals surface area contributed by atoms with Crippen molar-refractivity contribution in [2.45, 2.75) is 13.1 Å². The third-order valence-electron chi connectivity index (χ3n) is 4.04. The molecule has 3 N–H and O–H groups in total.